The Morgan fingerprint density at radius 2 is 2.33 bits per heavy atom. The van der Waals surface area contributed by atoms with Gasteiger partial charge in [0.15, 0.2) is 0 Å². The first kappa shape index (κ1) is 12.7. The van der Waals surface area contributed by atoms with Crippen LogP contribution in [0.5, 0.6) is 0 Å². The number of aliphatic carboxylic acids is 1. The third kappa shape index (κ3) is 2.76. The molecule has 1 atom stereocenters. The van der Waals surface area contributed by atoms with E-state index in [0.717, 1.165) is 19.0 Å². The lowest BCUT2D eigenvalue weighted by Crippen LogP contribution is -2.31. The van der Waals surface area contributed by atoms with Crippen molar-refractivity contribution in [2.75, 3.05) is 5.32 Å². The Labute approximate surface area is 110 Å². The van der Waals surface area contributed by atoms with Gasteiger partial charge in [0.25, 0.3) is 5.69 Å². The second-order valence-corrected chi connectivity index (χ2v) is 4.93. The Balaban J connectivity index is 2.18. The van der Waals surface area contributed by atoms with Crippen molar-refractivity contribution in [1.29, 1.82) is 0 Å². The van der Waals surface area contributed by atoms with Gasteiger partial charge in [-0.15, -0.1) is 0 Å². The molecule has 1 aliphatic carbocycles. The van der Waals surface area contributed by atoms with Crippen LogP contribution in [0.4, 0.5) is 11.5 Å². The number of hydrogen-bond donors (Lipinski definition) is 2. The van der Waals surface area contributed by atoms with Gasteiger partial charge in [-0.25, -0.2) is 9.78 Å². The quantitative estimate of drug-likeness (QED) is 0.636. The van der Waals surface area contributed by atoms with E-state index in [-0.39, 0.29) is 11.6 Å². The van der Waals surface area contributed by atoms with Gasteiger partial charge in [-0.1, -0.05) is 0 Å². The molecule has 1 heterocycles. The van der Waals surface area contributed by atoms with Crippen molar-refractivity contribution in [2.45, 2.75) is 18.9 Å². The Morgan fingerprint density at radius 3 is 2.78 bits per heavy atom. The summed E-state index contributed by atoms with van der Waals surface area (Å²) in [7, 11) is 0. The molecule has 2 rings (SSSR count). The van der Waals surface area contributed by atoms with E-state index in [9.17, 15) is 14.9 Å². The molecule has 2 N–H and O–H groups in total. The highest BCUT2D eigenvalue weighted by Crippen LogP contribution is 2.35. The highest BCUT2D eigenvalue weighted by atomic mass is 79.9. The number of nitrogens with one attached hydrogen (secondary N) is 1. The average molecular weight is 316 g/mol. The zero-order valence-corrected chi connectivity index (χ0v) is 10.8. The monoisotopic (exact) mass is 315 g/mol. The Kier molecular flexibility index (Phi) is 3.46. The van der Waals surface area contributed by atoms with E-state index in [1.165, 1.54) is 6.07 Å². The van der Waals surface area contributed by atoms with Crippen LogP contribution in [0.1, 0.15) is 12.8 Å². The predicted molar refractivity (Wildman–Crippen MR) is 66.4 cm³/mol. The van der Waals surface area contributed by atoms with E-state index in [1.54, 1.807) is 0 Å². The second kappa shape index (κ2) is 4.89. The number of rotatable bonds is 5. The largest absolute Gasteiger partial charge is 0.480 e. The van der Waals surface area contributed by atoms with Crippen molar-refractivity contribution >= 4 is 33.4 Å². The van der Waals surface area contributed by atoms with Gasteiger partial charge < -0.3 is 10.4 Å². The normalized spacial score (nSPS) is 16.1. The zero-order valence-electron chi connectivity index (χ0n) is 9.17. The van der Waals surface area contributed by atoms with E-state index < -0.39 is 16.9 Å². The summed E-state index contributed by atoms with van der Waals surface area (Å²) in [6.07, 6.45) is 2.84. The summed E-state index contributed by atoms with van der Waals surface area (Å²) in [4.78, 5) is 24.9. The summed E-state index contributed by atoms with van der Waals surface area (Å²) >= 11 is 3.14. The molecule has 0 amide bonds. The van der Waals surface area contributed by atoms with Gasteiger partial charge in [-0.2, -0.15) is 0 Å². The molecule has 96 valence electrons. The lowest BCUT2D eigenvalue weighted by atomic mass is 10.2. The van der Waals surface area contributed by atoms with Crippen molar-refractivity contribution in [2.24, 2.45) is 5.92 Å². The minimum absolute atomic E-state index is 0.103. The summed E-state index contributed by atoms with van der Waals surface area (Å²) in [5.74, 6) is -0.532. The number of halogens is 1. The van der Waals surface area contributed by atoms with Gasteiger partial charge >= 0.3 is 5.97 Å². The SMILES string of the molecule is O=C(O)C(Nc1ncc([N+](=O)[O-])cc1Br)C1CC1. The fraction of sp³-hybridized carbons (Fsp3) is 0.400. The van der Waals surface area contributed by atoms with Crippen LogP contribution in [0, 0.1) is 16.0 Å². The molecular formula is C10H10BrN3O4. The number of carboxylic acid groups (broad SMARTS) is 1. The van der Waals surface area contributed by atoms with E-state index in [1.807, 2.05) is 0 Å². The molecule has 0 radical (unpaired) electrons. The first-order valence-electron chi connectivity index (χ1n) is 5.28. The molecule has 0 aromatic carbocycles. The summed E-state index contributed by atoms with van der Waals surface area (Å²) in [6.45, 7) is 0. The second-order valence-electron chi connectivity index (χ2n) is 4.08. The number of pyridine rings is 1. The van der Waals surface area contributed by atoms with Gasteiger partial charge in [0.05, 0.1) is 9.40 Å². The molecule has 0 spiro atoms. The van der Waals surface area contributed by atoms with Crippen molar-refractivity contribution < 1.29 is 14.8 Å². The van der Waals surface area contributed by atoms with Crippen molar-refractivity contribution in [3.05, 3.63) is 26.9 Å². The van der Waals surface area contributed by atoms with Gasteiger partial charge in [0, 0.05) is 6.07 Å². The first-order chi connectivity index (χ1) is 8.49. The number of nitrogens with zero attached hydrogens (tertiary/aromatic N) is 2. The van der Waals surface area contributed by atoms with Crippen molar-refractivity contribution in [3.63, 3.8) is 0 Å². The standard InChI is InChI=1S/C10H10BrN3O4/c11-7-3-6(14(17)18)4-12-9(7)13-8(10(15)16)5-1-2-5/h3-5,8H,1-2H2,(H,12,13)(H,15,16). The molecule has 18 heavy (non-hydrogen) atoms. The van der Waals surface area contributed by atoms with E-state index >= 15 is 0 Å². The molecule has 8 heteroatoms. The van der Waals surface area contributed by atoms with Gasteiger partial charge in [0.2, 0.25) is 0 Å². The summed E-state index contributed by atoms with van der Waals surface area (Å²) < 4.78 is 0.378. The zero-order chi connectivity index (χ0) is 13.3. The maximum atomic E-state index is 11.1. The van der Waals surface area contributed by atoms with Crippen molar-refractivity contribution in [3.8, 4) is 0 Å². The first-order valence-corrected chi connectivity index (χ1v) is 6.07. The maximum Gasteiger partial charge on any atom is 0.326 e. The average Bonchev–Trinajstić information content (AvgIpc) is 3.10. The van der Waals surface area contributed by atoms with Gasteiger partial charge in [-0.3, -0.25) is 10.1 Å². The number of carbonyl (C=O) groups is 1. The van der Waals surface area contributed by atoms with E-state index in [4.69, 9.17) is 5.11 Å². The molecule has 1 aliphatic rings. The minimum atomic E-state index is -0.940. The predicted octanol–water partition coefficient (Wildman–Crippen LogP) is 2.03. The molecule has 1 aromatic rings. The summed E-state index contributed by atoms with van der Waals surface area (Å²) in [5.41, 5.74) is -0.147. The molecule has 0 saturated heterocycles. The number of carboxylic acids is 1. The Hall–Kier alpha value is -1.70. The number of anilines is 1. The summed E-state index contributed by atoms with van der Waals surface area (Å²) in [6, 6.07) is 0.594. The van der Waals surface area contributed by atoms with Gasteiger partial charge in [0.1, 0.15) is 18.1 Å². The van der Waals surface area contributed by atoms with Crippen LogP contribution in [-0.4, -0.2) is 27.0 Å². The molecule has 0 aliphatic heterocycles. The van der Waals surface area contributed by atoms with Crippen LogP contribution < -0.4 is 5.32 Å². The van der Waals surface area contributed by atoms with Crippen LogP contribution in [-0.2, 0) is 4.79 Å². The Bertz CT molecular complexity index is 504. The third-order valence-corrected chi connectivity index (χ3v) is 3.29. The van der Waals surface area contributed by atoms with Crippen LogP contribution in [0.25, 0.3) is 0 Å². The molecule has 0 bridgehead atoms. The summed E-state index contributed by atoms with van der Waals surface area (Å²) in [5, 5.41) is 22.4. The lowest BCUT2D eigenvalue weighted by molar-refractivity contribution is -0.385. The number of hydrogen-bond acceptors (Lipinski definition) is 5. The lowest BCUT2D eigenvalue weighted by Gasteiger charge is -2.14. The number of aromatic nitrogens is 1. The van der Waals surface area contributed by atoms with E-state index in [2.05, 4.69) is 26.2 Å². The molecule has 1 aromatic heterocycles. The van der Waals surface area contributed by atoms with Crippen LogP contribution in [0.2, 0.25) is 0 Å². The topological polar surface area (TPSA) is 105 Å². The highest BCUT2D eigenvalue weighted by molar-refractivity contribution is 9.10. The fourth-order valence-electron chi connectivity index (χ4n) is 1.59. The molecule has 7 nitrogen and oxygen atoms in total. The van der Waals surface area contributed by atoms with Gasteiger partial charge in [-0.05, 0) is 34.7 Å². The third-order valence-electron chi connectivity index (χ3n) is 2.69. The molecule has 1 saturated carbocycles. The van der Waals surface area contributed by atoms with Crippen LogP contribution >= 0.6 is 15.9 Å². The maximum absolute atomic E-state index is 11.1. The van der Waals surface area contributed by atoms with Crippen molar-refractivity contribution in [1.82, 2.24) is 4.98 Å². The van der Waals surface area contributed by atoms with E-state index in [0.29, 0.717) is 10.3 Å². The van der Waals surface area contributed by atoms with Crippen LogP contribution in [0.3, 0.4) is 0 Å². The van der Waals surface area contributed by atoms with Crippen LogP contribution in [0.15, 0.2) is 16.7 Å². The highest BCUT2D eigenvalue weighted by Gasteiger charge is 2.36. The molecule has 1 fully saturated rings. The smallest absolute Gasteiger partial charge is 0.326 e. The molecular weight excluding hydrogens is 306 g/mol. The molecule has 1 unspecified atom stereocenters. The Morgan fingerprint density at radius 1 is 1.67 bits per heavy atom. The fourth-order valence-corrected chi connectivity index (χ4v) is 2.04. The minimum Gasteiger partial charge on any atom is -0.480 e. The number of nitro groups is 1.